The fourth-order valence-corrected chi connectivity index (χ4v) is 1.96. The van der Waals surface area contributed by atoms with Gasteiger partial charge in [0.1, 0.15) is 11.9 Å². The Morgan fingerprint density at radius 2 is 2.25 bits per heavy atom. The predicted octanol–water partition coefficient (Wildman–Crippen LogP) is 1.89. The Balaban J connectivity index is 2.12. The molecule has 1 aliphatic heterocycles. The zero-order valence-corrected chi connectivity index (χ0v) is 11.0. The summed E-state index contributed by atoms with van der Waals surface area (Å²) in [7, 11) is 0. The van der Waals surface area contributed by atoms with Crippen molar-refractivity contribution in [2.45, 2.75) is 25.5 Å². The van der Waals surface area contributed by atoms with E-state index in [0.717, 1.165) is 32.1 Å². The van der Waals surface area contributed by atoms with E-state index in [0.29, 0.717) is 11.3 Å². The van der Waals surface area contributed by atoms with Gasteiger partial charge in [-0.05, 0) is 31.4 Å². The molecule has 3 N–H and O–H groups in total. The molecule has 20 heavy (non-hydrogen) atoms. The summed E-state index contributed by atoms with van der Waals surface area (Å²) in [6.45, 7) is 0.734. The molecule has 6 nitrogen and oxygen atoms in total. The van der Waals surface area contributed by atoms with E-state index in [1.807, 2.05) is 0 Å². The number of aromatic carboxylic acids is 1. The number of nitrogens with zero attached hydrogens (tertiary/aromatic N) is 1. The number of aromatic nitrogens is 1. The standard InChI is InChI=1S/C14H17N3O3/c15-8-10(9-16-13-6-1-2-7-20-13)11-4-3-5-12(17-11)14(18)19/h3-5,8-9,13,15-16H,1-2,6-7H2,(H,18,19)/b10-9+,15-8?. The third-order valence-corrected chi connectivity index (χ3v) is 3.02. The molecule has 1 atom stereocenters. The maximum atomic E-state index is 10.9. The largest absolute Gasteiger partial charge is 0.477 e. The highest BCUT2D eigenvalue weighted by molar-refractivity contribution is 6.07. The van der Waals surface area contributed by atoms with Crippen LogP contribution in [-0.2, 0) is 4.74 Å². The summed E-state index contributed by atoms with van der Waals surface area (Å²) in [5.74, 6) is -1.08. The van der Waals surface area contributed by atoms with Gasteiger partial charge in [0.25, 0.3) is 0 Å². The summed E-state index contributed by atoms with van der Waals surface area (Å²) in [4.78, 5) is 14.9. The number of ether oxygens (including phenoxy) is 1. The Hall–Kier alpha value is -2.21. The number of hydrogen-bond donors (Lipinski definition) is 3. The quantitative estimate of drug-likeness (QED) is 0.713. The lowest BCUT2D eigenvalue weighted by atomic mass is 10.1. The van der Waals surface area contributed by atoms with Crippen LogP contribution in [0.1, 0.15) is 35.4 Å². The van der Waals surface area contributed by atoms with Gasteiger partial charge in [0.05, 0.1) is 5.69 Å². The second-order valence-electron chi connectivity index (χ2n) is 4.48. The van der Waals surface area contributed by atoms with E-state index in [1.165, 1.54) is 6.07 Å². The molecule has 0 radical (unpaired) electrons. The second-order valence-corrected chi connectivity index (χ2v) is 4.48. The molecule has 1 aromatic rings. The molecule has 0 saturated carbocycles. The van der Waals surface area contributed by atoms with Crippen molar-refractivity contribution in [2.24, 2.45) is 0 Å². The van der Waals surface area contributed by atoms with Crippen molar-refractivity contribution < 1.29 is 14.6 Å². The molecule has 6 heteroatoms. The Morgan fingerprint density at radius 3 is 2.90 bits per heavy atom. The molecular formula is C14H17N3O3. The first-order valence-electron chi connectivity index (χ1n) is 6.49. The molecule has 1 aromatic heterocycles. The molecule has 0 spiro atoms. The van der Waals surface area contributed by atoms with Crippen LogP contribution in [-0.4, -0.2) is 35.1 Å². The zero-order chi connectivity index (χ0) is 14.4. The van der Waals surface area contributed by atoms with E-state index < -0.39 is 5.97 Å². The van der Waals surface area contributed by atoms with E-state index in [4.69, 9.17) is 15.3 Å². The molecule has 1 saturated heterocycles. The molecule has 0 amide bonds. The van der Waals surface area contributed by atoms with Gasteiger partial charge in [-0.15, -0.1) is 0 Å². The summed E-state index contributed by atoms with van der Waals surface area (Å²) >= 11 is 0. The molecular weight excluding hydrogens is 258 g/mol. The minimum absolute atomic E-state index is 0.0378. The zero-order valence-electron chi connectivity index (χ0n) is 11.0. The van der Waals surface area contributed by atoms with Gasteiger partial charge in [-0.1, -0.05) is 6.07 Å². The summed E-state index contributed by atoms with van der Waals surface area (Å²) in [5.41, 5.74) is 0.926. The first-order valence-corrected chi connectivity index (χ1v) is 6.49. The maximum Gasteiger partial charge on any atom is 0.354 e. The van der Waals surface area contributed by atoms with Crippen molar-refractivity contribution in [3.05, 3.63) is 35.8 Å². The highest BCUT2D eigenvalue weighted by atomic mass is 16.5. The van der Waals surface area contributed by atoms with Gasteiger partial charge in [-0.3, -0.25) is 0 Å². The lowest BCUT2D eigenvalue weighted by Crippen LogP contribution is -2.31. The number of carbonyl (C=O) groups is 1. The minimum atomic E-state index is -1.08. The number of nitrogens with one attached hydrogen (secondary N) is 2. The van der Waals surface area contributed by atoms with Crippen molar-refractivity contribution in [1.82, 2.24) is 10.3 Å². The Labute approximate surface area is 117 Å². The van der Waals surface area contributed by atoms with Gasteiger partial charge in [-0.2, -0.15) is 0 Å². The molecule has 1 fully saturated rings. The van der Waals surface area contributed by atoms with E-state index in [-0.39, 0.29) is 11.9 Å². The lowest BCUT2D eigenvalue weighted by molar-refractivity contribution is 0.00347. The van der Waals surface area contributed by atoms with Crippen LogP contribution in [0.3, 0.4) is 0 Å². The third kappa shape index (κ3) is 3.64. The highest BCUT2D eigenvalue weighted by Crippen LogP contribution is 2.13. The molecule has 0 aliphatic carbocycles. The van der Waals surface area contributed by atoms with Gasteiger partial charge >= 0.3 is 5.97 Å². The molecule has 1 unspecified atom stereocenters. The van der Waals surface area contributed by atoms with Crippen LogP contribution >= 0.6 is 0 Å². The van der Waals surface area contributed by atoms with Gasteiger partial charge in [-0.25, -0.2) is 9.78 Å². The van der Waals surface area contributed by atoms with Crippen molar-refractivity contribution in [3.63, 3.8) is 0 Å². The Morgan fingerprint density at radius 1 is 1.45 bits per heavy atom. The highest BCUT2D eigenvalue weighted by Gasteiger charge is 2.12. The van der Waals surface area contributed by atoms with Crippen LogP contribution in [0.4, 0.5) is 0 Å². The van der Waals surface area contributed by atoms with Crippen LogP contribution in [0.15, 0.2) is 24.4 Å². The molecule has 2 heterocycles. The number of carboxylic acid groups (broad SMARTS) is 1. The minimum Gasteiger partial charge on any atom is -0.477 e. The molecule has 0 aromatic carbocycles. The molecule has 1 aliphatic rings. The third-order valence-electron chi connectivity index (χ3n) is 3.02. The van der Waals surface area contributed by atoms with Crippen LogP contribution in [0.5, 0.6) is 0 Å². The first-order chi connectivity index (χ1) is 9.70. The van der Waals surface area contributed by atoms with Crippen molar-refractivity contribution in [3.8, 4) is 0 Å². The number of allylic oxidation sites excluding steroid dienone is 1. The summed E-state index contributed by atoms with van der Waals surface area (Å²) in [6, 6.07) is 4.71. The lowest BCUT2D eigenvalue weighted by Gasteiger charge is -2.22. The smallest absolute Gasteiger partial charge is 0.354 e. The van der Waals surface area contributed by atoms with Crippen LogP contribution < -0.4 is 5.32 Å². The van der Waals surface area contributed by atoms with Gasteiger partial charge in [0.15, 0.2) is 0 Å². The SMILES string of the molecule is N=C/C(=C\NC1CCCCO1)c1cccc(C(=O)O)n1. The van der Waals surface area contributed by atoms with Gasteiger partial charge in [0, 0.05) is 24.6 Å². The van der Waals surface area contributed by atoms with Gasteiger partial charge < -0.3 is 20.6 Å². The van der Waals surface area contributed by atoms with E-state index in [2.05, 4.69) is 10.3 Å². The molecule has 2 rings (SSSR count). The average Bonchev–Trinajstić information content (AvgIpc) is 2.49. The van der Waals surface area contributed by atoms with Crippen molar-refractivity contribution in [1.29, 1.82) is 5.41 Å². The van der Waals surface area contributed by atoms with E-state index in [9.17, 15) is 4.79 Å². The number of rotatable bonds is 5. The molecule has 0 bridgehead atoms. The fourth-order valence-electron chi connectivity index (χ4n) is 1.96. The van der Waals surface area contributed by atoms with Crippen LogP contribution in [0.25, 0.3) is 5.57 Å². The van der Waals surface area contributed by atoms with Crippen LogP contribution in [0.2, 0.25) is 0 Å². The van der Waals surface area contributed by atoms with E-state index >= 15 is 0 Å². The second kappa shape index (κ2) is 6.81. The number of pyridine rings is 1. The molecule has 106 valence electrons. The van der Waals surface area contributed by atoms with Crippen molar-refractivity contribution in [2.75, 3.05) is 6.61 Å². The van der Waals surface area contributed by atoms with Crippen molar-refractivity contribution >= 4 is 17.8 Å². The topological polar surface area (TPSA) is 95.3 Å². The number of carboxylic acids is 1. The fraction of sp³-hybridized carbons (Fsp3) is 0.357. The summed E-state index contributed by atoms with van der Waals surface area (Å²) in [6.07, 6.45) is 5.84. The van der Waals surface area contributed by atoms with Crippen LogP contribution in [0, 0.1) is 5.41 Å². The van der Waals surface area contributed by atoms with Gasteiger partial charge in [0.2, 0.25) is 0 Å². The van der Waals surface area contributed by atoms with E-state index in [1.54, 1.807) is 18.3 Å². The Kier molecular flexibility index (Phi) is 4.84. The number of hydrogen-bond acceptors (Lipinski definition) is 5. The average molecular weight is 275 g/mol. The summed E-state index contributed by atoms with van der Waals surface area (Å²) in [5, 5.41) is 19.5. The monoisotopic (exact) mass is 275 g/mol. The Bertz CT molecular complexity index is 522. The predicted molar refractivity (Wildman–Crippen MR) is 74.7 cm³/mol. The maximum absolute atomic E-state index is 10.9. The summed E-state index contributed by atoms with van der Waals surface area (Å²) < 4.78 is 5.53. The first kappa shape index (κ1) is 14.2. The normalized spacial score (nSPS) is 19.4.